The first-order chi connectivity index (χ1) is 9.29. The van der Waals surface area contributed by atoms with Gasteiger partial charge in [-0.3, -0.25) is 0 Å². The molecule has 0 amide bonds. The quantitative estimate of drug-likeness (QED) is 0.779. The summed E-state index contributed by atoms with van der Waals surface area (Å²) in [7, 11) is 4.31. The monoisotopic (exact) mass is 283 g/mol. The maximum absolute atomic E-state index is 6.46. The highest BCUT2D eigenvalue weighted by atomic mass is 15.2. The summed E-state index contributed by atoms with van der Waals surface area (Å²) in [6.07, 6.45) is 2.56. The fourth-order valence-corrected chi connectivity index (χ4v) is 3.70. The molecule has 1 aliphatic rings. The summed E-state index contributed by atoms with van der Waals surface area (Å²) in [5.41, 5.74) is 6.46. The van der Waals surface area contributed by atoms with Gasteiger partial charge < -0.3 is 15.5 Å². The van der Waals surface area contributed by atoms with Crippen molar-refractivity contribution < 1.29 is 0 Å². The van der Waals surface area contributed by atoms with Crippen molar-refractivity contribution in [1.29, 1.82) is 0 Å². The molecule has 0 aliphatic heterocycles. The van der Waals surface area contributed by atoms with E-state index < -0.39 is 0 Å². The van der Waals surface area contributed by atoms with Gasteiger partial charge in [0.1, 0.15) is 0 Å². The lowest BCUT2D eigenvalue weighted by atomic mass is 9.72. The SMILES string of the molecule is CC(C)CN(CCN(C)C)CC1C(C)CC(C)CC1N. The predicted molar refractivity (Wildman–Crippen MR) is 88.9 cm³/mol. The average Bonchev–Trinajstić information content (AvgIpc) is 2.29. The lowest BCUT2D eigenvalue weighted by Crippen LogP contribution is -2.48. The largest absolute Gasteiger partial charge is 0.327 e. The summed E-state index contributed by atoms with van der Waals surface area (Å²) >= 11 is 0. The number of likely N-dealkylation sites (N-methyl/N-ethyl adjacent to an activating group) is 1. The molecule has 1 saturated carbocycles. The van der Waals surface area contributed by atoms with Crippen molar-refractivity contribution in [2.24, 2.45) is 29.4 Å². The van der Waals surface area contributed by atoms with Gasteiger partial charge in [-0.2, -0.15) is 0 Å². The summed E-state index contributed by atoms with van der Waals surface area (Å²) in [5, 5.41) is 0. The molecule has 0 aromatic heterocycles. The van der Waals surface area contributed by atoms with Crippen LogP contribution in [0.5, 0.6) is 0 Å². The van der Waals surface area contributed by atoms with Crippen LogP contribution in [0.1, 0.15) is 40.5 Å². The molecule has 1 rings (SSSR count). The Morgan fingerprint density at radius 2 is 1.75 bits per heavy atom. The highest BCUT2D eigenvalue weighted by Crippen LogP contribution is 2.33. The highest BCUT2D eigenvalue weighted by molar-refractivity contribution is 4.87. The Labute approximate surface area is 126 Å². The van der Waals surface area contributed by atoms with Gasteiger partial charge in [-0.1, -0.05) is 27.7 Å². The Balaban J connectivity index is 2.57. The first-order valence-corrected chi connectivity index (χ1v) is 8.42. The van der Waals surface area contributed by atoms with Crippen molar-refractivity contribution in [3.8, 4) is 0 Å². The Kier molecular flexibility index (Phi) is 7.49. The zero-order valence-electron chi connectivity index (χ0n) is 14.6. The van der Waals surface area contributed by atoms with E-state index in [0.29, 0.717) is 12.0 Å². The van der Waals surface area contributed by atoms with Gasteiger partial charge in [-0.25, -0.2) is 0 Å². The zero-order chi connectivity index (χ0) is 15.3. The number of rotatable bonds is 7. The zero-order valence-corrected chi connectivity index (χ0v) is 14.6. The molecule has 0 aromatic rings. The van der Waals surface area contributed by atoms with Crippen LogP contribution in [0.15, 0.2) is 0 Å². The minimum Gasteiger partial charge on any atom is -0.327 e. The molecule has 4 atom stereocenters. The normalized spacial score (nSPS) is 31.5. The highest BCUT2D eigenvalue weighted by Gasteiger charge is 2.32. The first-order valence-electron chi connectivity index (χ1n) is 8.42. The van der Waals surface area contributed by atoms with Gasteiger partial charge in [0.25, 0.3) is 0 Å². The molecule has 0 spiro atoms. The molecule has 120 valence electrons. The number of nitrogens with two attached hydrogens (primary N) is 1. The number of hydrogen-bond acceptors (Lipinski definition) is 3. The minimum absolute atomic E-state index is 0.391. The van der Waals surface area contributed by atoms with Crippen LogP contribution in [0, 0.1) is 23.7 Å². The van der Waals surface area contributed by atoms with E-state index in [1.54, 1.807) is 0 Å². The smallest absolute Gasteiger partial charge is 0.0109 e. The third-order valence-corrected chi connectivity index (χ3v) is 4.69. The molecule has 0 saturated heterocycles. The Hall–Kier alpha value is -0.120. The first kappa shape index (κ1) is 17.9. The Bertz CT molecular complexity index is 253. The van der Waals surface area contributed by atoms with E-state index in [2.05, 4.69) is 51.6 Å². The van der Waals surface area contributed by atoms with Crippen LogP contribution in [0.2, 0.25) is 0 Å². The van der Waals surface area contributed by atoms with Crippen molar-refractivity contribution in [2.75, 3.05) is 40.3 Å². The van der Waals surface area contributed by atoms with Crippen LogP contribution in [0.4, 0.5) is 0 Å². The summed E-state index contributed by atoms with van der Waals surface area (Å²) in [6, 6.07) is 0.391. The molecule has 1 aliphatic carbocycles. The third kappa shape index (κ3) is 6.11. The van der Waals surface area contributed by atoms with Crippen LogP contribution < -0.4 is 5.73 Å². The van der Waals surface area contributed by atoms with Crippen molar-refractivity contribution in [2.45, 2.75) is 46.6 Å². The lowest BCUT2D eigenvalue weighted by Gasteiger charge is -2.41. The molecule has 20 heavy (non-hydrogen) atoms. The van der Waals surface area contributed by atoms with Gasteiger partial charge in [0, 0.05) is 32.2 Å². The van der Waals surface area contributed by atoms with Gasteiger partial charge in [-0.05, 0) is 50.6 Å². The summed E-state index contributed by atoms with van der Waals surface area (Å²) in [5.74, 6) is 2.97. The van der Waals surface area contributed by atoms with Gasteiger partial charge >= 0.3 is 0 Å². The topological polar surface area (TPSA) is 32.5 Å². The van der Waals surface area contributed by atoms with E-state index in [9.17, 15) is 0 Å². The van der Waals surface area contributed by atoms with E-state index in [-0.39, 0.29) is 0 Å². The Morgan fingerprint density at radius 3 is 2.25 bits per heavy atom. The van der Waals surface area contributed by atoms with Gasteiger partial charge in [0.15, 0.2) is 0 Å². The third-order valence-electron chi connectivity index (χ3n) is 4.69. The number of hydrogen-bond donors (Lipinski definition) is 1. The van der Waals surface area contributed by atoms with E-state index in [1.807, 2.05) is 0 Å². The molecular formula is C17H37N3. The van der Waals surface area contributed by atoms with Crippen molar-refractivity contribution in [1.82, 2.24) is 9.80 Å². The molecule has 0 bridgehead atoms. The van der Waals surface area contributed by atoms with Crippen LogP contribution in [-0.2, 0) is 0 Å². The molecule has 2 N–H and O–H groups in total. The van der Waals surface area contributed by atoms with Crippen LogP contribution >= 0.6 is 0 Å². The van der Waals surface area contributed by atoms with E-state index in [4.69, 9.17) is 5.73 Å². The second-order valence-corrected chi connectivity index (χ2v) is 7.84. The molecule has 0 heterocycles. The van der Waals surface area contributed by atoms with Crippen LogP contribution in [0.3, 0.4) is 0 Å². The molecule has 1 fully saturated rings. The van der Waals surface area contributed by atoms with Crippen molar-refractivity contribution in [3.63, 3.8) is 0 Å². The van der Waals surface area contributed by atoms with Gasteiger partial charge in [-0.15, -0.1) is 0 Å². The summed E-state index contributed by atoms with van der Waals surface area (Å²) < 4.78 is 0. The molecule has 4 unspecified atom stereocenters. The van der Waals surface area contributed by atoms with Crippen LogP contribution in [-0.4, -0.2) is 56.1 Å². The standard InChI is InChI=1S/C17H37N3/c1-13(2)11-20(8-7-19(5)6)12-16-15(4)9-14(3)10-17(16)18/h13-17H,7-12,18H2,1-6H3. The fourth-order valence-electron chi connectivity index (χ4n) is 3.70. The maximum atomic E-state index is 6.46. The second-order valence-electron chi connectivity index (χ2n) is 7.84. The number of nitrogens with zero attached hydrogens (tertiary/aromatic N) is 2. The minimum atomic E-state index is 0.391. The molecule has 0 aromatic carbocycles. The van der Waals surface area contributed by atoms with Gasteiger partial charge in [0.2, 0.25) is 0 Å². The average molecular weight is 284 g/mol. The lowest BCUT2D eigenvalue weighted by molar-refractivity contribution is 0.106. The van der Waals surface area contributed by atoms with E-state index >= 15 is 0 Å². The molecule has 3 nitrogen and oxygen atoms in total. The molecule has 0 radical (unpaired) electrons. The van der Waals surface area contributed by atoms with Gasteiger partial charge in [0.05, 0.1) is 0 Å². The van der Waals surface area contributed by atoms with E-state index in [0.717, 1.165) is 30.8 Å². The van der Waals surface area contributed by atoms with E-state index in [1.165, 1.54) is 25.9 Å². The predicted octanol–water partition coefficient (Wildman–Crippen LogP) is 2.52. The van der Waals surface area contributed by atoms with Crippen molar-refractivity contribution >= 4 is 0 Å². The second kappa shape index (κ2) is 8.35. The summed E-state index contributed by atoms with van der Waals surface area (Å²) in [4.78, 5) is 4.92. The van der Waals surface area contributed by atoms with Crippen molar-refractivity contribution in [3.05, 3.63) is 0 Å². The molecular weight excluding hydrogens is 246 g/mol. The van der Waals surface area contributed by atoms with Crippen LogP contribution in [0.25, 0.3) is 0 Å². The fraction of sp³-hybridized carbons (Fsp3) is 1.00. The summed E-state index contributed by atoms with van der Waals surface area (Å²) in [6.45, 7) is 14.1. The molecule has 3 heteroatoms. The Morgan fingerprint density at radius 1 is 1.10 bits per heavy atom. The maximum Gasteiger partial charge on any atom is 0.0109 e.